The number of anilines is 1. The molecule has 1 aromatic rings. The van der Waals surface area contributed by atoms with Crippen molar-refractivity contribution in [2.75, 3.05) is 12.3 Å². The van der Waals surface area contributed by atoms with Crippen LogP contribution in [0, 0.1) is 0 Å². The Hall–Kier alpha value is -0.740. The molecule has 13 heavy (non-hydrogen) atoms. The van der Waals surface area contributed by atoms with Crippen molar-refractivity contribution in [1.29, 1.82) is 0 Å². The van der Waals surface area contributed by atoms with Crippen molar-refractivity contribution in [1.82, 2.24) is 0 Å². The highest BCUT2D eigenvalue weighted by molar-refractivity contribution is 9.10. The minimum atomic E-state index is 0.0293. The van der Waals surface area contributed by atoms with E-state index >= 15 is 0 Å². The lowest BCUT2D eigenvalue weighted by Crippen LogP contribution is -2.21. The highest BCUT2D eigenvalue weighted by atomic mass is 79.9. The summed E-state index contributed by atoms with van der Waals surface area (Å²) < 4.78 is 6.45. The average Bonchev–Trinajstić information content (AvgIpc) is 2.12. The van der Waals surface area contributed by atoms with E-state index in [1.54, 1.807) is 0 Å². The fraction of sp³-hybridized carbons (Fsp3) is 0.333. The van der Waals surface area contributed by atoms with Crippen LogP contribution in [-0.4, -0.2) is 6.61 Å². The molecule has 3 nitrogen and oxygen atoms in total. The molecular weight excluding hydrogens is 232 g/mol. The molecular formula is C9H11BrN2O. The molecule has 0 saturated carbocycles. The molecule has 0 aliphatic carbocycles. The molecule has 2 rings (SSSR count). The van der Waals surface area contributed by atoms with Gasteiger partial charge in [0.05, 0.1) is 12.3 Å². The smallest absolute Gasteiger partial charge is 0.148 e. The summed E-state index contributed by atoms with van der Waals surface area (Å²) in [6.45, 7) is 0.648. The minimum Gasteiger partial charge on any atom is -0.491 e. The normalized spacial score (nSPS) is 20.6. The van der Waals surface area contributed by atoms with Crippen LogP contribution in [0.1, 0.15) is 18.0 Å². The first kappa shape index (κ1) is 8.84. The molecule has 0 fully saturated rings. The first-order valence-corrected chi connectivity index (χ1v) is 4.95. The summed E-state index contributed by atoms with van der Waals surface area (Å²) in [6, 6.07) is 3.76. The van der Waals surface area contributed by atoms with Crippen LogP contribution in [0.5, 0.6) is 5.75 Å². The second-order valence-electron chi connectivity index (χ2n) is 3.12. The van der Waals surface area contributed by atoms with Gasteiger partial charge in [0.1, 0.15) is 5.75 Å². The summed E-state index contributed by atoms with van der Waals surface area (Å²) in [5.41, 5.74) is 13.4. The maximum atomic E-state index is 5.95. The van der Waals surface area contributed by atoms with Crippen LogP contribution in [0.25, 0.3) is 0 Å². The SMILES string of the molecule is Nc1ccc(Br)c2c1OCC[C@H]2N. The summed E-state index contributed by atoms with van der Waals surface area (Å²) in [7, 11) is 0. The van der Waals surface area contributed by atoms with Crippen LogP contribution in [0.2, 0.25) is 0 Å². The summed E-state index contributed by atoms with van der Waals surface area (Å²) >= 11 is 3.44. The first-order chi connectivity index (χ1) is 6.20. The van der Waals surface area contributed by atoms with E-state index in [-0.39, 0.29) is 6.04 Å². The van der Waals surface area contributed by atoms with Crippen molar-refractivity contribution in [2.24, 2.45) is 5.73 Å². The van der Waals surface area contributed by atoms with Gasteiger partial charge in [0.15, 0.2) is 0 Å². The van der Waals surface area contributed by atoms with E-state index in [0.29, 0.717) is 12.3 Å². The van der Waals surface area contributed by atoms with E-state index in [9.17, 15) is 0 Å². The van der Waals surface area contributed by atoms with Crippen LogP contribution in [0.15, 0.2) is 16.6 Å². The Morgan fingerprint density at radius 2 is 2.23 bits per heavy atom. The van der Waals surface area contributed by atoms with Crippen LogP contribution < -0.4 is 16.2 Å². The molecule has 1 heterocycles. The molecule has 0 amide bonds. The molecule has 1 aliphatic heterocycles. The van der Waals surface area contributed by atoms with Gasteiger partial charge in [-0.3, -0.25) is 0 Å². The largest absolute Gasteiger partial charge is 0.491 e. The number of hydrogen-bond donors (Lipinski definition) is 2. The number of ether oxygens (including phenoxy) is 1. The zero-order chi connectivity index (χ0) is 9.42. The van der Waals surface area contributed by atoms with Crippen molar-refractivity contribution in [2.45, 2.75) is 12.5 Å². The van der Waals surface area contributed by atoms with Crippen molar-refractivity contribution in [3.05, 3.63) is 22.2 Å². The second-order valence-corrected chi connectivity index (χ2v) is 3.98. The fourth-order valence-electron chi connectivity index (χ4n) is 1.53. The topological polar surface area (TPSA) is 61.3 Å². The zero-order valence-electron chi connectivity index (χ0n) is 7.09. The van der Waals surface area contributed by atoms with Gasteiger partial charge in [-0.15, -0.1) is 0 Å². The Balaban J connectivity index is 2.60. The van der Waals surface area contributed by atoms with Gasteiger partial charge < -0.3 is 16.2 Å². The Morgan fingerprint density at radius 1 is 1.46 bits per heavy atom. The molecule has 70 valence electrons. The molecule has 0 unspecified atom stereocenters. The summed E-state index contributed by atoms with van der Waals surface area (Å²) in [6.07, 6.45) is 0.842. The van der Waals surface area contributed by atoms with Gasteiger partial charge in [0.25, 0.3) is 0 Å². The number of nitrogen functional groups attached to an aromatic ring is 1. The highest BCUT2D eigenvalue weighted by Gasteiger charge is 2.22. The van der Waals surface area contributed by atoms with Gasteiger partial charge in [0.2, 0.25) is 0 Å². The van der Waals surface area contributed by atoms with Gasteiger partial charge in [-0.05, 0) is 12.1 Å². The molecule has 1 atom stereocenters. The van der Waals surface area contributed by atoms with Crippen LogP contribution in [0.3, 0.4) is 0 Å². The van der Waals surface area contributed by atoms with Crippen molar-refractivity contribution in [3.63, 3.8) is 0 Å². The molecule has 0 spiro atoms. The third-order valence-electron chi connectivity index (χ3n) is 2.22. The molecule has 0 aromatic heterocycles. The zero-order valence-corrected chi connectivity index (χ0v) is 8.67. The quantitative estimate of drug-likeness (QED) is 0.683. The van der Waals surface area contributed by atoms with Crippen LogP contribution in [0.4, 0.5) is 5.69 Å². The summed E-state index contributed by atoms with van der Waals surface area (Å²) in [5, 5.41) is 0. The molecule has 4 heteroatoms. The van der Waals surface area contributed by atoms with Gasteiger partial charge in [-0.1, -0.05) is 15.9 Å². The Bertz CT molecular complexity index is 341. The van der Waals surface area contributed by atoms with E-state index in [4.69, 9.17) is 16.2 Å². The molecule has 1 aliphatic rings. The fourth-order valence-corrected chi connectivity index (χ4v) is 2.14. The predicted molar refractivity (Wildman–Crippen MR) is 55.6 cm³/mol. The number of hydrogen-bond acceptors (Lipinski definition) is 3. The van der Waals surface area contributed by atoms with Gasteiger partial charge in [-0.25, -0.2) is 0 Å². The lowest BCUT2D eigenvalue weighted by molar-refractivity contribution is 0.270. The molecule has 4 N–H and O–H groups in total. The number of halogens is 1. The maximum Gasteiger partial charge on any atom is 0.148 e. The predicted octanol–water partition coefficient (Wildman–Crippen LogP) is 1.81. The molecule has 1 aromatic carbocycles. The van der Waals surface area contributed by atoms with Gasteiger partial charge in [-0.2, -0.15) is 0 Å². The third kappa shape index (κ3) is 1.40. The summed E-state index contributed by atoms with van der Waals surface area (Å²) in [4.78, 5) is 0. The Kier molecular flexibility index (Phi) is 2.17. The monoisotopic (exact) mass is 242 g/mol. The average molecular weight is 243 g/mol. The molecule has 0 radical (unpaired) electrons. The Labute approximate surface area is 85.2 Å². The van der Waals surface area contributed by atoms with E-state index < -0.39 is 0 Å². The highest BCUT2D eigenvalue weighted by Crippen LogP contribution is 2.40. The standard InChI is InChI=1S/C9H11BrN2O/c10-5-1-2-7(12)9-8(5)6(11)3-4-13-9/h1-2,6H,3-4,11-12H2/t6-/m1/s1. The molecule has 0 saturated heterocycles. The van der Waals surface area contributed by atoms with E-state index in [1.807, 2.05) is 12.1 Å². The maximum absolute atomic E-state index is 5.95. The van der Waals surface area contributed by atoms with Gasteiger partial charge in [0, 0.05) is 22.5 Å². The number of benzene rings is 1. The number of fused-ring (bicyclic) bond motifs is 1. The van der Waals surface area contributed by atoms with Crippen LogP contribution >= 0.6 is 15.9 Å². The van der Waals surface area contributed by atoms with Crippen molar-refractivity contribution >= 4 is 21.6 Å². The van der Waals surface area contributed by atoms with E-state index in [2.05, 4.69) is 15.9 Å². The van der Waals surface area contributed by atoms with E-state index in [1.165, 1.54) is 0 Å². The number of rotatable bonds is 0. The van der Waals surface area contributed by atoms with Crippen molar-refractivity contribution in [3.8, 4) is 5.75 Å². The Morgan fingerprint density at radius 3 is 2.92 bits per heavy atom. The first-order valence-electron chi connectivity index (χ1n) is 4.16. The molecule has 0 bridgehead atoms. The third-order valence-corrected chi connectivity index (χ3v) is 2.91. The minimum absolute atomic E-state index is 0.0293. The number of nitrogens with two attached hydrogens (primary N) is 2. The van der Waals surface area contributed by atoms with E-state index in [0.717, 1.165) is 22.2 Å². The summed E-state index contributed by atoms with van der Waals surface area (Å²) in [5.74, 6) is 0.744. The lowest BCUT2D eigenvalue weighted by Gasteiger charge is -2.25. The second kappa shape index (κ2) is 3.20. The lowest BCUT2D eigenvalue weighted by atomic mass is 10.0. The van der Waals surface area contributed by atoms with Crippen molar-refractivity contribution < 1.29 is 4.74 Å². The van der Waals surface area contributed by atoms with Crippen LogP contribution in [-0.2, 0) is 0 Å². The van der Waals surface area contributed by atoms with Gasteiger partial charge >= 0.3 is 0 Å².